The van der Waals surface area contributed by atoms with E-state index >= 15 is 0 Å². The molecule has 3 nitrogen and oxygen atoms in total. The van der Waals surface area contributed by atoms with Crippen LogP contribution in [0.15, 0.2) is 0 Å². The third-order valence-corrected chi connectivity index (χ3v) is 4.27. The van der Waals surface area contributed by atoms with Crippen molar-refractivity contribution < 1.29 is 0 Å². The Bertz CT molecular complexity index is 405. The number of hydrogen-bond donors (Lipinski definition) is 0. The van der Waals surface area contributed by atoms with Gasteiger partial charge in [-0.25, -0.2) is 4.98 Å². The number of piperidine rings is 1. The number of thiazole rings is 1. The summed E-state index contributed by atoms with van der Waals surface area (Å²) in [7, 11) is 0. The van der Waals surface area contributed by atoms with Gasteiger partial charge in [-0.1, -0.05) is 6.42 Å². The zero-order chi connectivity index (χ0) is 11.5. The van der Waals surface area contributed by atoms with Gasteiger partial charge in [-0.2, -0.15) is 5.26 Å². The van der Waals surface area contributed by atoms with Crippen LogP contribution in [0.25, 0.3) is 0 Å². The molecular formula is C12H17N3S. The van der Waals surface area contributed by atoms with E-state index in [2.05, 4.69) is 22.9 Å². The van der Waals surface area contributed by atoms with Crippen LogP contribution in [-0.4, -0.2) is 22.5 Å². The zero-order valence-corrected chi connectivity index (χ0v) is 10.7. The Kier molecular flexibility index (Phi) is 3.57. The van der Waals surface area contributed by atoms with Crippen molar-refractivity contribution in [3.8, 4) is 6.07 Å². The molecule has 0 aliphatic carbocycles. The van der Waals surface area contributed by atoms with Crippen molar-refractivity contribution in [1.29, 1.82) is 5.26 Å². The molecule has 0 aromatic carbocycles. The van der Waals surface area contributed by atoms with E-state index in [1.807, 2.05) is 6.92 Å². The molecule has 1 saturated heterocycles. The van der Waals surface area contributed by atoms with Gasteiger partial charge in [-0.3, -0.25) is 4.90 Å². The Morgan fingerprint density at radius 2 is 2.38 bits per heavy atom. The average molecular weight is 235 g/mol. The van der Waals surface area contributed by atoms with Crippen LogP contribution in [0.4, 0.5) is 0 Å². The third-order valence-electron chi connectivity index (χ3n) is 3.22. The van der Waals surface area contributed by atoms with Gasteiger partial charge in [0.15, 0.2) is 0 Å². The van der Waals surface area contributed by atoms with Crippen LogP contribution in [0.2, 0.25) is 0 Å². The molecule has 0 bridgehead atoms. The summed E-state index contributed by atoms with van der Waals surface area (Å²) in [6.07, 6.45) is 3.92. The maximum absolute atomic E-state index is 8.90. The molecule has 16 heavy (non-hydrogen) atoms. The van der Waals surface area contributed by atoms with Crippen molar-refractivity contribution in [3.63, 3.8) is 0 Å². The SMILES string of the molecule is Cc1nc(CN2CCCCC2C)sc1C#N. The van der Waals surface area contributed by atoms with Crippen LogP contribution in [-0.2, 0) is 6.54 Å². The molecule has 4 heteroatoms. The molecule has 1 aromatic heterocycles. The van der Waals surface area contributed by atoms with E-state index in [1.165, 1.54) is 25.8 Å². The first-order chi connectivity index (χ1) is 7.70. The van der Waals surface area contributed by atoms with Gasteiger partial charge in [0.1, 0.15) is 16.0 Å². The first-order valence-corrected chi connectivity index (χ1v) is 6.63. The van der Waals surface area contributed by atoms with Crippen molar-refractivity contribution >= 4 is 11.3 Å². The van der Waals surface area contributed by atoms with Gasteiger partial charge in [0, 0.05) is 6.04 Å². The summed E-state index contributed by atoms with van der Waals surface area (Å²) in [4.78, 5) is 7.70. The summed E-state index contributed by atoms with van der Waals surface area (Å²) in [6.45, 7) is 6.28. The highest BCUT2D eigenvalue weighted by molar-refractivity contribution is 7.12. The molecule has 86 valence electrons. The smallest absolute Gasteiger partial charge is 0.127 e. The molecule has 1 atom stereocenters. The second-order valence-corrected chi connectivity index (χ2v) is 5.53. The zero-order valence-electron chi connectivity index (χ0n) is 9.86. The van der Waals surface area contributed by atoms with Crippen molar-refractivity contribution in [2.45, 2.75) is 45.7 Å². The number of nitrogens with zero attached hydrogens (tertiary/aromatic N) is 3. The molecule has 1 aliphatic heterocycles. The van der Waals surface area contributed by atoms with Crippen molar-refractivity contribution in [2.24, 2.45) is 0 Å². The summed E-state index contributed by atoms with van der Waals surface area (Å²) < 4.78 is 0. The lowest BCUT2D eigenvalue weighted by Gasteiger charge is -2.32. The molecule has 1 fully saturated rings. The molecular weight excluding hydrogens is 218 g/mol. The summed E-state index contributed by atoms with van der Waals surface area (Å²) in [5.74, 6) is 0. The molecule has 0 spiro atoms. The minimum atomic E-state index is 0.656. The van der Waals surface area contributed by atoms with E-state index < -0.39 is 0 Å². The van der Waals surface area contributed by atoms with E-state index in [0.29, 0.717) is 6.04 Å². The summed E-state index contributed by atoms with van der Waals surface area (Å²) in [5.41, 5.74) is 0.882. The maximum Gasteiger partial charge on any atom is 0.127 e. The second kappa shape index (κ2) is 4.94. The minimum absolute atomic E-state index is 0.656. The first-order valence-electron chi connectivity index (χ1n) is 5.81. The van der Waals surface area contributed by atoms with Gasteiger partial charge in [0.05, 0.1) is 12.2 Å². The molecule has 0 radical (unpaired) electrons. The fourth-order valence-corrected chi connectivity index (χ4v) is 3.08. The van der Waals surface area contributed by atoms with Crippen molar-refractivity contribution in [2.75, 3.05) is 6.54 Å². The Balaban J connectivity index is 2.05. The van der Waals surface area contributed by atoms with Crippen molar-refractivity contribution in [3.05, 3.63) is 15.6 Å². The standard InChI is InChI=1S/C12H17N3S/c1-9-5-3-4-6-15(9)8-12-14-10(2)11(7-13)16-12/h9H,3-6,8H2,1-2H3. The lowest BCUT2D eigenvalue weighted by molar-refractivity contribution is 0.152. The van der Waals surface area contributed by atoms with E-state index in [4.69, 9.17) is 5.26 Å². The van der Waals surface area contributed by atoms with Gasteiger partial charge in [-0.05, 0) is 33.2 Å². The predicted molar refractivity (Wildman–Crippen MR) is 65.3 cm³/mol. The number of aromatic nitrogens is 1. The topological polar surface area (TPSA) is 39.9 Å². The van der Waals surface area contributed by atoms with E-state index in [-0.39, 0.29) is 0 Å². The quantitative estimate of drug-likeness (QED) is 0.791. The maximum atomic E-state index is 8.90. The third kappa shape index (κ3) is 2.42. The molecule has 1 unspecified atom stereocenters. The average Bonchev–Trinajstić information content (AvgIpc) is 2.62. The molecule has 0 saturated carbocycles. The molecule has 0 amide bonds. The minimum Gasteiger partial charge on any atom is -0.294 e. The van der Waals surface area contributed by atoms with Crippen LogP contribution in [0, 0.1) is 18.3 Å². The van der Waals surface area contributed by atoms with E-state index in [0.717, 1.165) is 22.1 Å². The normalized spacial score (nSPS) is 21.9. The Morgan fingerprint density at radius 1 is 1.56 bits per heavy atom. The highest BCUT2D eigenvalue weighted by Gasteiger charge is 2.19. The fourth-order valence-electron chi connectivity index (χ4n) is 2.19. The van der Waals surface area contributed by atoms with Gasteiger partial charge in [-0.15, -0.1) is 11.3 Å². The second-order valence-electron chi connectivity index (χ2n) is 4.45. The van der Waals surface area contributed by atoms with Crippen LogP contribution in [0.5, 0.6) is 0 Å². The van der Waals surface area contributed by atoms with E-state index in [9.17, 15) is 0 Å². The monoisotopic (exact) mass is 235 g/mol. The van der Waals surface area contributed by atoms with Crippen LogP contribution < -0.4 is 0 Å². The predicted octanol–water partition coefficient (Wildman–Crippen LogP) is 2.70. The van der Waals surface area contributed by atoms with Crippen molar-refractivity contribution in [1.82, 2.24) is 9.88 Å². The van der Waals surface area contributed by atoms with Crippen LogP contribution in [0.3, 0.4) is 0 Å². The number of aryl methyl sites for hydroxylation is 1. The summed E-state index contributed by atoms with van der Waals surface area (Å²) >= 11 is 1.54. The lowest BCUT2D eigenvalue weighted by Crippen LogP contribution is -2.36. The number of nitriles is 1. The first kappa shape index (κ1) is 11.6. The highest BCUT2D eigenvalue weighted by atomic mass is 32.1. The Morgan fingerprint density at radius 3 is 3.00 bits per heavy atom. The molecule has 2 heterocycles. The van der Waals surface area contributed by atoms with Gasteiger partial charge in [0.25, 0.3) is 0 Å². The largest absolute Gasteiger partial charge is 0.294 e. The number of likely N-dealkylation sites (tertiary alicyclic amines) is 1. The Hall–Kier alpha value is -0.920. The lowest BCUT2D eigenvalue weighted by atomic mass is 10.0. The Labute approximate surface area is 101 Å². The number of rotatable bonds is 2. The summed E-state index contributed by atoms with van der Waals surface area (Å²) in [6, 6.07) is 2.86. The van der Waals surface area contributed by atoms with Gasteiger partial charge < -0.3 is 0 Å². The van der Waals surface area contributed by atoms with Crippen LogP contribution >= 0.6 is 11.3 Å². The number of hydrogen-bond acceptors (Lipinski definition) is 4. The molecule has 1 aliphatic rings. The summed E-state index contributed by atoms with van der Waals surface area (Å²) in [5, 5.41) is 9.98. The molecule has 0 N–H and O–H groups in total. The van der Waals surface area contributed by atoms with Crippen LogP contribution in [0.1, 0.15) is 41.8 Å². The highest BCUT2D eigenvalue weighted by Crippen LogP contribution is 2.23. The van der Waals surface area contributed by atoms with E-state index in [1.54, 1.807) is 11.3 Å². The molecule has 1 aromatic rings. The fraction of sp³-hybridized carbons (Fsp3) is 0.667. The van der Waals surface area contributed by atoms with Gasteiger partial charge >= 0.3 is 0 Å². The van der Waals surface area contributed by atoms with Gasteiger partial charge in [0.2, 0.25) is 0 Å². The molecule has 2 rings (SSSR count).